The molecule has 1 fully saturated rings. The molecule has 200 valence electrons. The second-order valence-corrected chi connectivity index (χ2v) is 11.5. The van der Waals surface area contributed by atoms with Crippen LogP contribution >= 0.6 is 0 Å². The molecule has 4 atom stereocenters. The van der Waals surface area contributed by atoms with Gasteiger partial charge in [-0.25, -0.2) is 4.79 Å². The fraction of sp³-hybridized carbons (Fsp3) is 0.452. The Balaban J connectivity index is 1.45. The number of nitriles is 1. The van der Waals surface area contributed by atoms with E-state index in [2.05, 4.69) is 46.4 Å². The van der Waals surface area contributed by atoms with Crippen molar-refractivity contribution in [3.8, 4) is 17.2 Å². The molecule has 2 aromatic carbocycles. The van der Waals surface area contributed by atoms with Crippen molar-refractivity contribution in [1.82, 2.24) is 14.8 Å². The van der Waals surface area contributed by atoms with Gasteiger partial charge in [-0.15, -0.1) is 0 Å². The average molecular weight is 515 g/mol. The van der Waals surface area contributed by atoms with Crippen molar-refractivity contribution in [3.63, 3.8) is 0 Å². The molecule has 0 radical (unpaired) electrons. The Morgan fingerprint density at radius 3 is 2.42 bits per heavy atom. The number of carbonyl (C=O) groups is 2. The smallest absolute Gasteiger partial charge is 0.411 e. The van der Waals surface area contributed by atoms with Crippen molar-refractivity contribution in [2.75, 3.05) is 0 Å². The zero-order chi connectivity index (χ0) is 27.6. The van der Waals surface area contributed by atoms with Crippen LogP contribution in [0, 0.1) is 17.2 Å². The van der Waals surface area contributed by atoms with Gasteiger partial charge in [0, 0.05) is 36.6 Å². The summed E-state index contributed by atoms with van der Waals surface area (Å²) in [5, 5.41) is 13.9. The number of hydrogen-bond donors (Lipinski definition) is 1. The summed E-state index contributed by atoms with van der Waals surface area (Å²) in [5.41, 5.74) is 3.70. The molecule has 1 N–H and O–H groups in total. The van der Waals surface area contributed by atoms with Crippen LogP contribution in [0.25, 0.3) is 22.0 Å². The number of piperidine rings is 1. The van der Waals surface area contributed by atoms with Crippen LogP contribution in [0.4, 0.5) is 4.79 Å². The molecule has 38 heavy (non-hydrogen) atoms. The van der Waals surface area contributed by atoms with Crippen LogP contribution in [0.1, 0.15) is 53.0 Å². The van der Waals surface area contributed by atoms with Gasteiger partial charge in [0.05, 0.1) is 6.07 Å². The van der Waals surface area contributed by atoms with Crippen LogP contribution < -0.4 is 5.32 Å². The highest BCUT2D eigenvalue weighted by molar-refractivity contribution is 5.87. The number of hydrogen-bond acceptors (Lipinski definition) is 4. The first-order chi connectivity index (χ1) is 18.0. The van der Waals surface area contributed by atoms with Crippen LogP contribution in [0.15, 0.2) is 54.7 Å². The molecule has 0 saturated carbocycles. The van der Waals surface area contributed by atoms with Crippen molar-refractivity contribution in [2.24, 2.45) is 13.0 Å². The van der Waals surface area contributed by atoms with Crippen molar-refractivity contribution in [3.05, 3.63) is 60.3 Å². The predicted molar refractivity (Wildman–Crippen MR) is 149 cm³/mol. The standard InChI is InChI=1S/C31H38N4O3/c1-20-7-8-21(2)35(30(37)38-31(3,4)5)28(20)29(36)33-26(19-32)17-22-9-11-23(12-10-22)24-13-14-27-25(18-24)15-16-34(27)6/h9-16,18,20-21,26,28H,7-8,17H2,1-6H3,(H,33,36)/t20-,21+,26+,28+/m1/s1. The number of nitrogens with one attached hydrogen (secondary N) is 1. The highest BCUT2D eigenvalue weighted by Gasteiger charge is 2.42. The lowest BCUT2D eigenvalue weighted by atomic mass is 9.86. The van der Waals surface area contributed by atoms with Gasteiger partial charge in [-0.05, 0) is 81.3 Å². The summed E-state index contributed by atoms with van der Waals surface area (Å²) in [5.74, 6) is -0.353. The molecule has 0 unspecified atom stereocenters. The molecule has 1 saturated heterocycles. The van der Waals surface area contributed by atoms with E-state index in [1.807, 2.05) is 65.9 Å². The summed E-state index contributed by atoms with van der Waals surface area (Å²) < 4.78 is 7.71. The van der Waals surface area contributed by atoms with Gasteiger partial charge in [0.15, 0.2) is 0 Å². The van der Waals surface area contributed by atoms with E-state index in [4.69, 9.17) is 4.74 Å². The largest absolute Gasteiger partial charge is 0.444 e. The van der Waals surface area contributed by atoms with Crippen LogP contribution in [-0.2, 0) is 23.0 Å². The monoisotopic (exact) mass is 514 g/mol. The van der Waals surface area contributed by atoms with Crippen LogP contribution in [0.2, 0.25) is 0 Å². The molecule has 1 aliphatic heterocycles. The van der Waals surface area contributed by atoms with E-state index in [1.165, 1.54) is 10.9 Å². The predicted octanol–water partition coefficient (Wildman–Crippen LogP) is 5.82. The van der Waals surface area contributed by atoms with E-state index in [0.717, 1.165) is 29.5 Å². The van der Waals surface area contributed by atoms with Gasteiger partial charge < -0.3 is 14.6 Å². The highest BCUT2D eigenvalue weighted by atomic mass is 16.6. The first kappa shape index (κ1) is 27.3. The summed E-state index contributed by atoms with van der Waals surface area (Å²) in [6.45, 7) is 9.36. The van der Waals surface area contributed by atoms with Gasteiger partial charge in [-0.2, -0.15) is 5.26 Å². The lowest BCUT2D eigenvalue weighted by Gasteiger charge is -2.43. The molecule has 4 rings (SSSR count). The molecular formula is C31H38N4O3. The van der Waals surface area contributed by atoms with E-state index in [0.29, 0.717) is 6.42 Å². The number of ether oxygens (including phenoxy) is 1. The first-order valence-electron chi connectivity index (χ1n) is 13.3. The number of nitrogens with zero attached hydrogens (tertiary/aromatic N) is 3. The van der Waals surface area contributed by atoms with Gasteiger partial charge in [0.1, 0.15) is 17.7 Å². The molecule has 1 aromatic heterocycles. The van der Waals surface area contributed by atoms with Gasteiger partial charge in [0.2, 0.25) is 5.91 Å². The zero-order valence-electron chi connectivity index (χ0n) is 23.2. The minimum atomic E-state index is -0.709. The quantitative estimate of drug-likeness (QED) is 0.465. The molecule has 1 aliphatic rings. The first-order valence-corrected chi connectivity index (χ1v) is 13.3. The number of benzene rings is 2. The third-order valence-electron chi connectivity index (χ3n) is 7.31. The molecule has 0 spiro atoms. The minimum Gasteiger partial charge on any atom is -0.444 e. The van der Waals surface area contributed by atoms with Crippen molar-refractivity contribution in [1.29, 1.82) is 5.26 Å². The maximum absolute atomic E-state index is 13.4. The number of likely N-dealkylation sites (tertiary alicyclic amines) is 1. The second kappa shape index (κ2) is 10.9. The lowest BCUT2D eigenvalue weighted by Crippen LogP contribution is -2.60. The normalized spacial score (nSPS) is 20.6. The molecule has 2 heterocycles. The number of amides is 2. The summed E-state index contributed by atoms with van der Waals surface area (Å²) in [6, 6.07) is 17.3. The zero-order valence-corrected chi connectivity index (χ0v) is 23.2. The van der Waals surface area contributed by atoms with E-state index in [9.17, 15) is 14.9 Å². The number of aromatic nitrogens is 1. The second-order valence-electron chi connectivity index (χ2n) is 11.5. The van der Waals surface area contributed by atoms with Gasteiger partial charge in [-0.3, -0.25) is 9.69 Å². The Morgan fingerprint density at radius 1 is 1.08 bits per heavy atom. The van der Waals surface area contributed by atoms with E-state index < -0.39 is 23.8 Å². The SMILES string of the molecule is C[C@@H]1CC[C@H](C)N(C(=O)OC(C)(C)C)[C@@H]1C(=O)N[C@H](C#N)Cc1ccc(-c2ccc3c(ccn3C)c2)cc1. The third kappa shape index (κ3) is 6.02. The highest BCUT2D eigenvalue weighted by Crippen LogP contribution is 2.30. The summed E-state index contributed by atoms with van der Waals surface area (Å²) >= 11 is 0. The summed E-state index contributed by atoms with van der Waals surface area (Å²) in [4.78, 5) is 28.0. The van der Waals surface area contributed by atoms with Crippen LogP contribution in [0.3, 0.4) is 0 Å². The Labute approximate surface area is 225 Å². The van der Waals surface area contributed by atoms with Gasteiger partial charge in [-0.1, -0.05) is 37.3 Å². The number of aryl methyl sites for hydroxylation is 1. The third-order valence-corrected chi connectivity index (χ3v) is 7.31. The number of fused-ring (bicyclic) bond motifs is 1. The summed E-state index contributed by atoms with van der Waals surface area (Å²) in [6.07, 6.45) is 3.56. The Hall–Kier alpha value is -3.79. The molecule has 7 nitrogen and oxygen atoms in total. The van der Waals surface area contributed by atoms with E-state index in [-0.39, 0.29) is 17.9 Å². The van der Waals surface area contributed by atoms with Crippen LogP contribution in [-0.4, -0.2) is 45.2 Å². The van der Waals surface area contributed by atoms with Crippen molar-refractivity contribution < 1.29 is 14.3 Å². The molecule has 2 amide bonds. The molecule has 7 heteroatoms. The Morgan fingerprint density at radius 2 is 1.76 bits per heavy atom. The fourth-order valence-electron chi connectivity index (χ4n) is 5.26. The fourth-order valence-corrected chi connectivity index (χ4v) is 5.26. The Bertz CT molecular complexity index is 1350. The molecule has 0 aliphatic carbocycles. The van der Waals surface area contributed by atoms with E-state index >= 15 is 0 Å². The number of rotatable bonds is 5. The summed E-state index contributed by atoms with van der Waals surface area (Å²) in [7, 11) is 2.03. The molecular weight excluding hydrogens is 476 g/mol. The molecule has 0 bridgehead atoms. The average Bonchev–Trinajstić information content (AvgIpc) is 3.23. The van der Waals surface area contributed by atoms with Crippen LogP contribution in [0.5, 0.6) is 0 Å². The topological polar surface area (TPSA) is 87.4 Å². The Kier molecular flexibility index (Phi) is 7.82. The number of carbonyl (C=O) groups excluding carboxylic acids is 2. The van der Waals surface area contributed by atoms with Gasteiger partial charge >= 0.3 is 6.09 Å². The lowest BCUT2D eigenvalue weighted by molar-refractivity contribution is -0.131. The molecule has 3 aromatic rings. The van der Waals surface area contributed by atoms with Gasteiger partial charge in [0.25, 0.3) is 0 Å². The maximum Gasteiger partial charge on any atom is 0.411 e. The maximum atomic E-state index is 13.4. The minimum absolute atomic E-state index is 0.0423. The van der Waals surface area contributed by atoms with Crippen molar-refractivity contribution in [2.45, 2.75) is 77.6 Å². The van der Waals surface area contributed by atoms with E-state index in [1.54, 1.807) is 4.90 Å². The van der Waals surface area contributed by atoms with Crippen molar-refractivity contribution >= 4 is 22.9 Å².